The second-order valence-corrected chi connectivity index (χ2v) is 8.86. The zero-order valence-corrected chi connectivity index (χ0v) is 17.5. The lowest BCUT2D eigenvalue weighted by molar-refractivity contribution is 0.215. The van der Waals surface area contributed by atoms with Crippen LogP contribution in [0.5, 0.6) is 0 Å². The van der Waals surface area contributed by atoms with Gasteiger partial charge in [0.2, 0.25) is 0 Å². The number of rotatable bonds is 5. The van der Waals surface area contributed by atoms with Crippen LogP contribution in [-0.2, 0) is 20.0 Å². The van der Waals surface area contributed by atoms with E-state index in [-0.39, 0.29) is 11.6 Å². The Kier molecular flexibility index (Phi) is 5.58. The van der Waals surface area contributed by atoms with Gasteiger partial charge in [-0.25, -0.2) is 0 Å². The molecule has 1 aliphatic heterocycles. The Bertz CT molecular complexity index is 880. The summed E-state index contributed by atoms with van der Waals surface area (Å²) in [6.45, 7) is 7.77. The lowest BCUT2D eigenvalue weighted by atomic mass is 9.97. The summed E-state index contributed by atoms with van der Waals surface area (Å²) in [5, 5.41) is 0. The van der Waals surface area contributed by atoms with Crippen LogP contribution in [0, 0.1) is 5.92 Å². The van der Waals surface area contributed by atoms with Gasteiger partial charge in [-0.2, -0.15) is 0 Å². The average molecular weight is 380 g/mol. The van der Waals surface area contributed by atoms with Crippen LogP contribution in [0.3, 0.4) is 0 Å². The summed E-state index contributed by atoms with van der Waals surface area (Å²) in [5.41, 5.74) is 4.83. The predicted molar refractivity (Wildman–Crippen MR) is 116 cm³/mol. The van der Waals surface area contributed by atoms with Gasteiger partial charge in [0.15, 0.2) is 0 Å². The number of fused-ring (bicyclic) bond motifs is 1. The second-order valence-electron chi connectivity index (χ2n) is 8.86. The minimum Gasteiger partial charge on any atom is -0.334 e. The first-order valence-corrected chi connectivity index (χ1v) is 10.8. The molecule has 0 unspecified atom stereocenters. The van der Waals surface area contributed by atoms with Crippen molar-refractivity contribution in [2.75, 3.05) is 18.0 Å². The van der Waals surface area contributed by atoms with Gasteiger partial charge in [0.05, 0.1) is 0 Å². The molecule has 28 heavy (non-hydrogen) atoms. The van der Waals surface area contributed by atoms with E-state index in [9.17, 15) is 4.79 Å². The zero-order chi connectivity index (χ0) is 19.7. The molecule has 1 aliphatic carbocycles. The van der Waals surface area contributed by atoms with Crippen molar-refractivity contribution in [2.24, 2.45) is 13.0 Å². The van der Waals surface area contributed by atoms with Crippen LogP contribution in [0.4, 0.5) is 11.4 Å². The number of hydrogen-bond donors (Lipinski definition) is 0. The summed E-state index contributed by atoms with van der Waals surface area (Å²) in [7, 11) is 1.82. The zero-order valence-electron chi connectivity index (χ0n) is 17.5. The van der Waals surface area contributed by atoms with E-state index in [1.165, 1.54) is 49.9 Å². The largest absolute Gasteiger partial charge is 0.334 e. The molecule has 0 radical (unpaired) electrons. The SMILES string of the molecule is CC(C)N(c1ccc2c(c1)CN(CC1CCCC1)CC2)c1cccn(C)c1=O. The number of aromatic nitrogens is 1. The predicted octanol–water partition coefficient (Wildman–Crippen LogP) is 4.48. The van der Waals surface area contributed by atoms with Crippen molar-refractivity contribution in [3.05, 3.63) is 58.0 Å². The highest BCUT2D eigenvalue weighted by molar-refractivity contribution is 5.64. The second kappa shape index (κ2) is 8.12. The first kappa shape index (κ1) is 19.3. The molecule has 4 nitrogen and oxygen atoms in total. The number of nitrogens with zero attached hydrogens (tertiary/aromatic N) is 3. The van der Waals surface area contributed by atoms with Crippen LogP contribution < -0.4 is 10.5 Å². The van der Waals surface area contributed by atoms with Crippen LogP contribution in [0.15, 0.2) is 41.3 Å². The molecule has 150 valence electrons. The molecule has 1 aromatic heterocycles. The van der Waals surface area contributed by atoms with E-state index >= 15 is 0 Å². The molecular formula is C24H33N3O. The molecule has 2 heterocycles. The van der Waals surface area contributed by atoms with E-state index in [1.54, 1.807) is 4.57 Å². The van der Waals surface area contributed by atoms with Crippen molar-refractivity contribution < 1.29 is 0 Å². The van der Waals surface area contributed by atoms with Crippen molar-refractivity contribution in [2.45, 2.75) is 58.5 Å². The lowest BCUT2D eigenvalue weighted by Crippen LogP contribution is -2.35. The van der Waals surface area contributed by atoms with Crippen LogP contribution in [0.25, 0.3) is 0 Å². The molecule has 1 fully saturated rings. The van der Waals surface area contributed by atoms with E-state index in [0.717, 1.165) is 30.3 Å². The fourth-order valence-electron chi connectivity index (χ4n) is 4.95. The fourth-order valence-corrected chi connectivity index (χ4v) is 4.95. The first-order chi connectivity index (χ1) is 13.5. The maximum atomic E-state index is 12.7. The third-order valence-electron chi connectivity index (χ3n) is 6.43. The van der Waals surface area contributed by atoms with Gasteiger partial charge >= 0.3 is 0 Å². The molecule has 0 bridgehead atoms. The van der Waals surface area contributed by atoms with Gasteiger partial charge in [-0.3, -0.25) is 9.69 Å². The number of benzene rings is 1. The van der Waals surface area contributed by atoms with E-state index in [1.807, 2.05) is 25.4 Å². The molecule has 0 amide bonds. The fraction of sp³-hybridized carbons (Fsp3) is 0.542. The highest BCUT2D eigenvalue weighted by Crippen LogP contribution is 2.31. The standard InChI is InChI=1S/C24H33N3O/c1-18(2)27(23-9-6-13-25(3)24(23)28)22-11-10-20-12-14-26(17-21(20)15-22)16-19-7-4-5-8-19/h6,9-11,13,15,18-19H,4-5,7-8,12,14,16-17H2,1-3H3. The normalized spacial score (nSPS) is 17.9. The van der Waals surface area contributed by atoms with Gasteiger partial charge in [-0.1, -0.05) is 18.9 Å². The van der Waals surface area contributed by atoms with Crippen molar-refractivity contribution in [1.29, 1.82) is 0 Å². The highest BCUT2D eigenvalue weighted by atomic mass is 16.1. The monoisotopic (exact) mass is 379 g/mol. The van der Waals surface area contributed by atoms with E-state index in [2.05, 4.69) is 41.8 Å². The number of anilines is 2. The average Bonchev–Trinajstić information content (AvgIpc) is 3.18. The number of pyridine rings is 1. The molecule has 0 N–H and O–H groups in total. The van der Waals surface area contributed by atoms with Crippen molar-refractivity contribution in [3.8, 4) is 0 Å². The Labute approximate surface area is 168 Å². The Morgan fingerprint density at radius 2 is 1.93 bits per heavy atom. The molecule has 2 aromatic rings. The summed E-state index contributed by atoms with van der Waals surface area (Å²) in [4.78, 5) is 17.6. The summed E-state index contributed by atoms with van der Waals surface area (Å²) in [5.74, 6) is 0.893. The molecule has 0 spiro atoms. The summed E-state index contributed by atoms with van der Waals surface area (Å²) in [6, 6.07) is 10.9. The maximum Gasteiger partial charge on any atom is 0.274 e. The Balaban J connectivity index is 1.61. The third-order valence-corrected chi connectivity index (χ3v) is 6.43. The molecule has 0 atom stereocenters. The van der Waals surface area contributed by atoms with Gasteiger partial charge in [-0.05, 0) is 74.4 Å². The van der Waals surface area contributed by atoms with Gasteiger partial charge in [0.25, 0.3) is 5.56 Å². The smallest absolute Gasteiger partial charge is 0.274 e. The quantitative estimate of drug-likeness (QED) is 0.767. The molecule has 4 heteroatoms. The van der Waals surface area contributed by atoms with E-state index in [0.29, 0.717) is 0 Å². The minimum absolute atomic E-state index is 0.0526. The highest BCUT2D eigenvalue weighted by Gasteiger charge is 2.24. The maximum absolute atomic E-state index is 12.7. The van der Waals surface area contributed by atoms with Gasteiger partial charge in [0.1, 0.15) is 5.69 Å². The number of aryl methyl sites for hydroxylation is 1. The lowest BCUT2D eigenvalue weighted by Gasteiger charge is -2.33. The van der Waals surface area contributed by atoms with Crippen LogP contribution >= 0.6 is 0 Å². The van der Waals surface area contributed by atoms with Crippen LogP contribution in [-0.4, -0.2) is 28.6 Å². The van der Waals surface area contributed by atoms with Crippen LogP contribution in [0.1, 0.15) is 50.7 Å². The summed E-state index contributed by atoms with van der Waals surface area (Å²) >= 11 is 0. The molecule has 1 aromatic carbocycles. The molecule has 2 aliphatic rings. The Morgan fingerprint density at radius 1 is 1.14 bits per heavy atom. The molecular weight excluding hydrogens is 346 g/mol. The van der Waals surface area contributed by atoms with Gasteiger partial charge < -0.3 is 9.47 Å². The minimum atomic E-state index is 0.0526. The van der Waals surface area contributed by atoms with Crippen molar-refractivity contribution in [1.82, 2.24) is 9.47 Å². The number of hydrogen-bond acceptors (Lipinski definition) is 3. The van der Waals surface area contributed by atoms with Crippen molar-refractivity contribution >= 4 is 11.4 Å². The van der Waals surface area contributed by atoms with Gasteiger partial charge in [-0.15, -0.1) is 0 Å². The molecule has 4 rings (SSSR count). The van der Waals surface area contributed by atoms with E-state index < -0.39 is 0 Å². The third kappa shape index (κ3) is 3.88. The van der Waals surface area contributed by atoms with Crippen LogP contribution in [0.2, 0.25) is 0 Å². The van der Waals surface area contributed by atoms with E-state index in [4.69, 9.17) is 0 Å². The van der Waals surface area contributed by atoms with Crippen molar-refractivity contribution in [3.63, 3.8) is 0 Å². The first-order valence-electron chi connectivity index (χ1n) is 10.8. The summed E-state index contributed by atoms with van der Waals surface area (Å²) < 4.78 is 1.66. The topological polar surface area (TPSA) is 28.5 Å². The molecule has 1 saturated carbocycles. The Morgan fingerprint density at radius 3 is 2.68 bits per heavy atom. The molecule has 0 saturated heterocycles. The summed E-state index contributed by atoms with van der Waals surface area (Å²) in [6.07, 6.45) is 8.59. The Hall–Kier alpha value is -2.07. The van der Waals surface area contributed by atoms with Gasteiger partial charge in [0, 0.05) is 44.6 Å².